The van der Waals surface area contributed by atoms with Gasteiger partial charge in [-0.2, -0.15) is 0 Å². The van der Waals surface area contributed by atoms with Crippen LogP contribution in [-0.4, -0.2) is 80.2 Å². The average Bonchev–Trinajstić information content (AvgIpc) is 3.04. The minimum absolute atomic E-state index is 0.0610. The SMILES string of the molecule is CCC(CCCC(=O)O[C@H](CC=C(C)C)[C@@H](C)CC(C)=C[C@@H](C)[C@H](O)C[C@@H](C)O)OC(=O)C=CC(C)=CC(C)=CC=CC(C)=C[C@H](O)[C@@H](O)C[C@H](C)O. The molecule has 0 amide bonds. The zero-order valence-corrected chi connectivity index (χ0v) is 34.4. The van der Waals surface area contributed by atoms with Crippen molar-refractivity contribution < 1.29 is 44.6 Å². The summed E-state index contributed by atoms with van der Waals surface area (Å²) in [6, 6.07) is 0. The van der Waals surface area contributed by atoms with Crippen LogP contribution in [-0.2, 0) is 19.1 Å². The number of aliphatic hydroxyl groups is 5. The van der Waals surface area contributed by atoms with Gasteiger partial charge in [0.1, 0.15) is 12.2 Å². The summed E-state index contributed by atoms with van der Waals surface area (Å²) in [5.74, 6) is -0.761. The van der Waals surface area contributed by atoms with Crippen molar-refractivity contribution in [3.05, 3.63) is 82.5 Å². The van der Waals surface area contributed by atoms with Gasteiger partial charge in [0, 0.05) is 31.3 Å². The van der Waals surface area contributed by atoms with Crippen molar-refractivity contribution in [2.75, 3.05) is 0 Å². The van der Waals surface area contributed by atoms with E-state index in [1.807, 2.05) is 85.8 Å². The molecule has 5 N–H and O–H groups in total. The molecule has 0 rings (SSSR count). The number of hydrogen-bond donors (Lipinski definition) is 5. The van der Waals surface area contributed by atoms with Crippen molar-refractivity contribution in [2.45, 2.75) is 170 Å². The summed E-state index contributed by atoms with van der Waals surface area (Å²) in [7, 11) is 0. The van der Waals surface area contributed by atoms with Crippen LogP contribution in [0.15, 0.2) is 82.5 Å². The predicted octanol–water partition coefficient (Wildman–Crippen LogP) is 7.93. The van der Waals surface area contributed by atoms with E-state index >= 15 is 0 Å². The minimum atomic E-state index is -1.07. The van der Waals surface area contributed by atoms with Gasteiger partial charge in [0.25, 0.3) is 0 Å². The first-order valence-electron chi connectivity index (χ1n) is 19.2. The molecule has 0 aliphatic heterocycles. The van der Waals surface area contributed by atoms with E-state index in [2.05, 4.69) is 13.0 Å². The minimum Gasteiger partial charge on any atom is -0.462 e. The Kier molecular flexibility index (Phi) is 25.9. The molecule has 9 nitrogen and oxygen atoms in total. The highest BCUT2D eigenvalue weighted by Crippen LogP contribution is 2.24. The van der Waals surface area contributed by atoms with Crippen molar-refractivity contribution in [1.82, 2.24) is 0 Å². The van der Waals surface area contributed by atoms with Gasteiger partial charge in [-0.25, -0.2) is 4.79 Å². The van der Waals surface area contributed by atoms with Crippen LogP contribution >= 0.6 is 0 Å². The maximum atomic E-state index is 12.9. The molecule has 0 aromatic rings. The van der Waals surface area contributed by atoms with Crippen LogP contribution in [0, 0.1) is 11.8 Å². The highest BCUT2D eigenvalue weighted by molar-refractivity contribution is 5.82. The summed E-state index contributed by atoms with van der Waals surface area (Å²) >= 11 is 0. The van der Waals surface area contributed by atoms with Crippen molar-refractivity contribution in [3.63, 3.8) is 0 Å². The van der Waals surface area contributed by atoms with E-state index in [1.54, 1.807) is 26.0 Å². The fourth-order valence-electron chi connectivity index (χ4n) is 5.76. The Morgan fingerprint density at radius 3 is 1.94 bits per heavy atom. The van der Waals surface area contributed by atoms with E-state index in [0.717, 1.165) is 27.9 Å². The largest absolute Gasteiger partial charge is 0.462 e. The Bertz CT molecular complexity index is 1290. The smallest absolute Gasteiger partial charge is 0.331 e. The maximum Gasteiger partial charge on any atom is 0.331 e. The molecule has 0 spiro atoms. The number of hydrogen-bond acceptors (Lipinski definition) is 9. The highest BCUT2D eigenvalue weighted by atomic mass is 16.5. The van der Waals surface area contributed by atoms with Crippen LogP contribution in [0.5, 0.6) is 0 Å². The molecule has 9 heteroatoms. The fourth-order valence-corrected chi connectivity index (χ4v) is 5.76. The Labute approximate surface area is 320 Å². The summed E-state index contributed by atoms with van der Waals surface area (Å²) in [5, 5.41) is 49.3. The molecule has 0 saturated carbocycles. The molecule has 0 aliphatic carbocycles. The third kappa shape index (κ3) is 25.6. The van der Waals surface area contributed by atoms with E-state index < -0.39 is 36.5 Å². The molecule has 53 heavy (non-hydrogen) atoms. The van der Waals surface area contributed by atoms with E-state index in [-0.39, 0.29) is 42.9 Å². The molecule has 0 saturated heterocycles. The van der Waals surface area contributed by atoms with Crippen LogP contribution in [0.3, 0.4) is 0 Å². The lowest BCUT2D eigenvalue weighted by Gasteiger charge is -2.25. The molecular weight excluding hydrogens is 672 g/mol. The number of esters is 2. The second-order valence-corrected chi connectivity index (χ2v) is 15.2. The summed E-state index contributed by atoms with van der Waals surface area (Å²) in [5.41, 5.74) is 4.82. The first-order chi connectivity index (χ1) is 24.7. The number of carbonyl (C=O) groups is 2. The normalized spacial score (nSPS) is 18.6. The van der Waals surface area contributed by atoms with Crippen molar-refractivity contribution in [3.8, 4) is 0 Å². The zero-order chi connectivity index (χ0) is 40.7. The first-order valence-corrected chi connectivity index (χ1v) is 19.2. The third-order valence-corrected chi connectivity index (χ3v) is 8.77. The molecule has 9 atom stereocenters. The van der Waals surface area contributed by atoms with Gasteiger partial charge in [0.05, 0.1) is 30.5 Å². The zero-order valence-electron chi connectivity index (χ0n) is 34.4. The average molecular weight is 745 g/mol. The maximum absolute atomic E-state index is 12.9. The predicted molar refractivity (Wildman–Crippen MR) is 215 cm³/mol. The van der Waals surface area contributed by atoms with Gasteiger partial charge in [-0.3, -0.25) is 4.79 Å². The van der Waals surface area contributed by atoms with Crippen LogP contribution in [0.2, 0.25) is 0 Å². The molecule has 0 bridgehead atoms. The van der Waals surface area contributed by atoms with Gasteiger partial charge in [0.15, 0.2) is 0 Å². The lowest BCUT2D eigenvalue weighted by molar-refractivity contribution is -0.151. The Hall–Kier alpha value is -3.08. The summed E-state index contributed by atoms with van der Waals surface area (Å²) < 4.78 is 11.6. The van der Waals surface area contributed by atoms with E-state index in [1.165, 1.54) is 6.08 Å². The topological polar surface area (TPSA) is 154 Å². The van der Waals surface area contributed by atoms with Gasteiger partial charge in [0.2, 0.25) is 0 Å². The quantitative estimate of drug-likeness (QED) is 0.0271. The first kappa shape index (κ1) is 49.9. The standard InChI is InChI=1S/C44H72O9/c1-12-38(52-44(51)22-20-32(6)23-30(4)15-13-16-31(5)26-40(48)41(49)28-37(11)46)17-14-18-43(50)53-42(21-19-29(2)3)35(9)25-33(7)24-34(8)39(47)27-36(10)45/h13,15-16,19-20,22-24,26,34-42,45-49H,12,14,17-18,21,25,27-28H2,1-11H3/t34-,35+,36-,37+,38?,39-,40+,41+,42-/m1/s1. The van der Waals surface area contributed by atoms with Crippen molar-refractivity contribution in [2.24, 2.45) is 11.8 Å². The molecule has 0 fully saturated rings. The van der Waals surface area contributed by atoms with Crippen molar-refractivity contribution in [1.29, 1.82) is 0 Å². The van der Waals surface area contributed by atoms with Gasteiger partial charge in [-0.15, -0.1) is 0 Å². The molecule has 0 aliphatic rings. The molecule has 0 aromatic carbocycles. The summed E-state index contributed by atoms with van der Waals surface area (Å²) in [6.07, 6.45) is 15.3. The van der Waals surface area contributed by atoms with Crippen LogP contribution in [0.4, 0.5) is 0 Å². The number of rotatable bonds is 25. The molecule has 0 aromatic heterocycles. The lowest BCUT2D eigenvalue weighted by atomic mass is 9.90. The van der Waals surface area contributed by atoms with Crippen LogP contribution < -0.4 is 0 Å². The number of carbonyl (C=O) groups excluding carboxylic acids is 2. The van der Waals surface area contributed by atoms with Gasteiger partial charge in [-0.1, -0.05) is 97.2 Å². The molecular formula is C44H72O9. The van der Waals surface area contributed by atoms with E-state index in [9.17, 15) is 35.1 Å². The van der Waals surface area contributed by atoms with Gasteiger partial charge < -0.3 is 35.0 Å². The Balaban J connectivity index is 5.10. The molecule has 0 heterocycles. The van der Waals surface area contributed by atoms with Gasteiger partial charge in [-0.05, 0) is 93.4 Å². The Morgan fingerprint density at radius 2 is 1.36 bits per heavy atom. The highest BCUT2D eigenvalue weighted by Gasteiger charge is 2.23. The number of aliphatic hydroxyl groups excluding tert-OH is 5. The summed E-state index contributed by atoms with van der Waals surface area (Å²) in [4.78, 5) is 25.5. The monoisotopic (exact) mass is 745 g/mol. The second kappa shape index (κ2) is 27.5. The number of ether oxygens (including phenoxy) is 2. The van der Waals surface area contributed by atoms with E-state index in [4.69, 9.17) is 9.47 Å². The third-order valence-electron chi connectivity index (χ3n) is 8.77. The van der Waals surface area contributed by atoms with Crippen LogP contribution in [0.1, 0.15) is 128 Å². The summed E-state index contributed by atoms with van der Waals surface area (Å²) in [6.45, 7) is 20.9. The fraction of sp³-hybridized carbons (Fsp3) is 0.636. The van der Waals surface area contributed by atoms with Crippen LogP contribution in [0.25, 0.3) is 0 Å². The second-order valence-electron chi connectivity index (χ2n) is 15.2. The van der Waals surface area contributed by atoms with Crippen molar-refractivity contribution >= 4 is 11.9 Å². The molecule has 302 valence electrons. The molecule has 0 radical (unpaired) electrons. The Morgan fingerprint density at radius 1 is 0.736 bits per heavy atom. The molecule has 1 unspecified atom stereocenters. The number of allylic oxidation sites excluding steroid dienone is 10. The van der Waals surface area contributed by atoms with E-state index in [0.29, 0.717) is 38.5 Å². The lowest BCUT2D eigenvalue weighted by Crippen LogP contribution is -2.27. The van der Waals surface area contributed by atoms with Gasteiger partial charge >= 0.3 is 11.9 Å².